The van der Waals surface area contributed by atoms with Gasteiger partial charge >= 0.3 is 0 Å². The summed E-state index contributed by atoms with van der Waals surface area (Å²) in [7, 11) is 0. The maximum Gasteiger partial charge on any atom is 0.223 e. The molecule has 30 heavy (non-hydrogen) atoms. The van der Waals surface area contributed by atoms with E-state index in [1.54, 1.807) is 11.8 Å². The van der Waals surface area contributed by atoms with Gasteiger partial charge in [-0.15, -0.1) is 11.8 Å². The summed E-state index contributed by atoms with van der Waals surface area (Å²) in [4.78, 5) is 21.6. The Labute approximate surface area is 187 Å². The highest BCUT2D eigenvalue weighted by atomic mass is 32.2. The van der Waals surface area contributed by atoms with Gasteiger partial charge in [0.15, 0.2) is 5.16 Å². The Kier molecular flexibility index (Phi) is 7.39. The number of carbonyl (C=O) groups is 1. The monoisotopic (exact) mass is 439 g/mol. The summed E-state index contributed by atoms with van der Waals surface area (Å²) in [6.07, 6.45) is 5.80. The minimum absolute atomic E-state index is 0.240. The average molecular weight is 440 g/mol. The maximum absolute atomic E-state index is 12.3. The van der Waals surface area contributed by atoms with E-state index in [-0.39, 0.29) is 11.8 Å². The lowest BCUT2D eigenvalue weighted by Crippen LogP contribution is -2.33. The zero-order chi connectivity index (χ0) is 20.8. The molecular weight excluding hydrogens is 410 g/mol. The molecule has 158 valence electrons. The van der Waals surface area contributed by atoms with Crippen LogP contribution in [0, 0.1) is 12.8 Å². The summed E-state index contributed by atoms with van der Waals surface area (Å²) in [5.41, 5.74) is 4.74. The average Bonchev–Trinajstić information content (AvgIpc) is 3.20. The number of amides is 1. The molecular formula is C24H29N3OS2. The van der Waals surface area contributed by atoms with Crippen LogP contribution in [-0.2, 0) is 10.5 Å². The molecule has 4 rings (SSSR count). The Balaban J connectivity index is 1.27. The van der Waals surface area contributed by atoms with Crippen LogP contribution in [0.25, 0.3) is 11.0 Å². The highest BCUT2D eigenvalue weighted by Gasteiger charge is 2.20. The number of hydrogen-bond acceptors (Lipinski definition) is 4. The number of fused-ring (bicyclic) bond motifs is 1. The Morgan fingerprint density at radius 3 is 2.77 bits per heavy atom. The highest BCUT2D eigenvalue weighted by Crippen LogP contribution is 2.29. The Morgan fingerprint density at radius 1 is 1.10 bits per heavy atom. The van der Waals surface area contributed by atoms with Crippen molar-refractivity contribution in [1.29, 1.82) is 0 Å². The summed E-state index contributed by atoms with van der Waals surface area (Å²) < 4.78 is 0. The zero-order valence-electron chi connectivity index (χ0n) is 17.4. The predicted octanol–water partition coefficient (Wildman–Crippen LogP) is 5.95. The van der Waals surface area contributed by atoms with E-state index >= 15 is 0 Å². The molecule has 2 aromatic carbocycles. The van der Waals surface area contributed by atoms with Gasteiger partial charge < -0.3 is 10.3 Å². The molecule has 0 spiro atoms. The van der Waals surface area contributed by atoms with Gasteiger partial charge in [-0.3, -0.25) is 4.79 Å². The maximum atomic E-state index is 12.3. The molecule has 3 aromatic rings. The number of H-pyrrole nitrogens is 1. The number of thioether (sulfide) groups is 2. The fourth-order valence-electron chi connectivity index (χ4n) is 3.96. The van der Waals surface area contributed by atoms with Crippen LogP contribution >= 0.6 is 23.5 Å². The minimum atomic E-state index is 0.240. The smallest absolute Gasteiger partial charge is 0.223 e. The van der Waals surface area contributed by atoms with Crippen LogP contribution in [0.5, 0.6) is 0 Å². The van der Waals surface area contributed by atoms with Crippen molar-refractivity contribution in [2.45, 2.75) is 54.8 Å². The first-order valence-corrected chi connectivity index (χ1v) is 12.7. The van der Waals surface area contributed by atoms with Crippen molar-refractivity contribution in [2.75, 3.05) is 12.3 Å². The Hall–Kier alpha value is -1.92. The van der Waals surface area contributed by atoms with Gasteiger partial charge in [0.25, 0.3) is 0 Å². The number of imidazole rings is 1. The van der Waals surface area contributed by atoms with Crippen LogP contribution in [0.15, 0.2) is 52.5 Å². The van der Waals surface area contributed by atoms with Crippen molar-refractivity contribution >= 4 is 40.5 Å². The molecule has 0 saturated heterocycles. The lowest BCUT2D eigenvalue weighted by Gasteiger charge is -2.20. The number of carbonyl (C=O) groups excluding carboxylic acids is 1. The standard InChI is InChI=1S/C24H29N3OS2/c1-17-19(16-30-24-26-20-11-5-6-12-21(20)27-24)10-7-13-22(17)29-15-14-25-23(28)18-8-3-2-4-9-18/h5-7,10-13,18H,2-4,8-9,14-16H2,1H3,(H,25,28)(H,26,27). The molecule has 0 bridgehead atoms. The first-order valence-electron chi connectivity index (χ1n) is 10.8. The largest absolute Gasteiger partial charge is 0.355 e. The van der Waals surface area contributed by atoms with E-state index in [2.05, 4.69) is 46.5 Å². The van der Waals surface area contributed by atoms with E-state index in [1.165, 1.54) is 35.3 Å². The van der Waals surface area contributed by atoms with Crippen LogP contribution in [0.1, 0.15) is 43.2 Å². The molecule has 1 amide bonds. The Bertz CT molecular complexity index is 962. The molecule has 6 heteroatoms. The number of para-hydroxylation sites is 2. The number of benzene rings is 2. The molecule has 1 aliphatic rings. The fraction of sp³-hybridized carbons (Fsp3) is 0.417. The second-order valence-electron chi connectivity index (χ2n) is 7.86. The van der Waals surface area contributed by atoms with Crippen LogP contribution in [-0.4, -0.2) is 28.2 Å². The van der Waals surface area contributed by atoms with Crippen molar-refractivity contribution in [3.63, 3.8) is 0 Å². The number of nitrogens with one attached hydrogen (secondary N) is 2. The van der Waals surface area contributed by atoms with E-state index in [1.807, 2.05) is 30.0 Å². The number of aromatic nitrogens is 2. The summed E-state index contributed by atoms with van der Waals surface area (Å²) >= 11 is 3.57. The SMILES string of the molecule is Cc1c(CSc2nc3ccccc3[nH]2)cccc1SCCNC(=O)C1CCCCC1. The second-order valence-corrected chi connectivity index (χ2v) is 9.96. The molecule has 1 aromatic heterocycles. The quantitative estimate of drug-likeness (QED) is 0.336. The molecule has 2 N–H and O–H groups in total. The third-order valence-electron chi connectivity index (χ3n) is 5.76. The molecule has 1 fully saturated rings. The summed E-state index contributed by atoms with van der Waals surface area (Å²) in [5.74, 6) is 2.28. The molecule has 0 atom stereocenters. The second kappa shape index (κ2) is 10.4. The lowest BCUT2D eigenvalue weighted by molar-refractivity contribution is -0.125. The molecule has 0 radical (unpaired) electrons. The van der Waals surface area contributed by atoms with Gasteiger partial charge in [0.1, 0.15) is 0 Å². The molecule has 1 saturated carbocycles. The van der Waals surface area contributed by atoms with E-state index in [4.69, 9.17) is 0 Å². The molecule has 1 heterocycles. The number of aromatic amines is 1. The van der Waals surface area contributed by atoms with Crippen molar-refractivity contribution in [2.24, 2.45) is 5.92 Å². The van der Waals surface area contributed by atoms with Crippen LogP contribution in [0.2, 0.25) is 0 Å². The van der Waals surface area contributed by atoms with Crippen molar-refractivity contribution in [3.8, 4) is 0 Å². The molecule has 0 unspecified atom stereocenters. The zero-order valence-corrected chi connectivity index (χ0v) is 19.1. The van der Waals surface area contributed by atoms with Crippen molar-refractivity contribution < 1.29 is 4.79 Å². The topological polar surface area (TPSA) is 57.8 Å². The van der Waals surface area contributed by atoms with E-state index < -0.39 is 0 Å². The minimum Gasteiger partial charge on any atom is -0.355 e. The van der Waals surface area contributed by atoms with Gasteiger partial charge in [-0.05, 0) is 49.1 Å². The van der Waals surface area contributed by atoms with Gasteiger partial charge in [-0.2, -0.15) is 0 Å². The number of hydrogen-bond donors (Lipinski definition) is 2. The van der Waals surface area contributed by atoms with E-state index in [0.717, 1.165) is 47.1 Å². The lowest BCUT2D eigenvalue weighted by atomic mass is 9.89. The first kappa shape index (κ1) is 21.3. The first-order chi connectivity index (χ1) is 14.7. The predicted molar refractivity (Wildman–Crippen MR) is 127 cm³/mol. The number of rotatable bonds is 8. The van der Waals surface area contributed by atoms with Gasteiger partial charge in [-0.25, -0.2) is 4.98 Å². The Morgan fingerprint density at radius 2 is 1.93 bits per heavy atom. The highest BCUT2D eigenvalue weighted by molar-refractivity contribution is 7.99. The third kappa shape index (κ3) is 5.41. The third-order valence-corrected chi connectivity index (χ3v) is 7.85. The van der Waals surface area contributed by atoms with Crippen LogP contribution in [0.4, 0.5) is 0 Å². The van der Waals surface area contributed by atoms with Gasteiger partial charge in [-0.1, -0.05) is 55.3 Å². The van der Waals surface area contributed by atoms with E-state index in [9.17, 15) is 4.79 Å². The van der Waals surface area contributed by atoms with Gasteiger partial charge in [0.2, 0.25) is 5.91 Å². The molecule has 1 aliphatic carbocycles. The fourth-order valence-corrected chi connectivity index (χ4v) is 5.86. The summed E-state index contributed by atoms with van der Waals surface area (Å²) in [6.45, 7) is 2.93. The normalized spacial score (nSPS) is 14.8. The molecule has 4 nitrogen and oxygen atoms in total. The summed E-state index contributed by atoms with van der Waals surface area (Å²) in [6, 6.07) is 14.6. The van der Waals surface area contributed by atoms with Crippen molar-refractivity contribution in [3.05, 3.63) is 53.6 Å². The summed E-state index contributed by atoms with van der Waals surface area (Å²) in [5, 5.41) is 4.10. The van der Waals surface area contributed by atoms with E-state index in [0.29, 0.717) is 0 Å². The molecule has 0 aliphatic heterocycles. The van der Waals surface area contributed by atoms with Gasteiger partial charge in [0, 0.05) is 28.9 Å². The van der Waals surface area contributed by atoms with Gasteiger partial charge in [0.05, 0.1) is 11.0 Å². The number of nitrogens with zero attached hydrogens (tertiary/aromatic N) is 1. The van der Waals surface area contributed by atoms with Crippen molar-refractivity contribution in [1.82, 2.24) is 15.3 Å². The van der Waals surface area contributed by atoms with Crippen LogP contribution in [0.3, 0.4) is 0 Å². The van der Waals surface area contributed by atoms with Crippen LogP contribution < -0.4 is 5.32 Å².